The lowest BCUT2D eigenvalue weighted by Gasteiger charge is -2.06. The number of sulfonamides is 1. The number of nitrogens with one attached hydrogen (secondary N) is 1. The first kappa shape index (κ1) is 14.5. The molecular formula is C12H15FN4O2S. The molecule has 0 bridgehead atoms. The number of rotatable bonds is 5. The molecule has 0 unspecified atom stereocenters. The third-order valence-corrected chi connectivity index (χ3v) is 4.34. The van der Waals surface area contributed by atoms with Crippen LogP contribution >= 0.6 is 0 Å². The Kier molecular flexibility index (Phi) is 4.05. The van der Waals surface area contributed by atoms with Crippen LogP contribution in [0.3, 0.4) is 0 Å². The van der Waals surface area contributed by atoms with Crippen LogP contribution in [0.25, 0.3) is 0 Å². The molecule has 20 heavy (non-hydrogen) atoms. The molecule has 6 nitrogen and oxygen atoms in total. The Hall–Kier alpha value is -1.93. The lowest BCUT2D eigenvalue weighted by atomic mass is 10.1. The van der Waals surface area contributed by atoms with Gasteiger partial charge < -0.3 is 5.73 Å². The van der Waals surface area contributed by atoms with Crippen LogP contribution in [-0.4, -0.2) is 24.7 Å². The van der Waals surface area contributed by atoms with Crippen molar-refractivity contribution in [3.8, 4) is 0 Å². The molecule has 0 fully saturated rings. The first-order valence-electron chi connectivity index (χ1n) is 5.92. The summed E-state index contributed by atoms with van der Waals surface area (Å²) in [6, 6.07) is 5.90. The zero-order valence-corrected chi connectivity index (χ0v) is 11.7. The predicted molar refractivity (Wildman–Crippen MR) is 72.9 cm³/mol. The third kappa shape index (κ3) is 3.14. The number of anilines is 1. The number of nitrogen functional groups attached to an aromatic ring is 1. The number of aromatic nitrogens is 2. The van der Waals surface area contributed by atoms with Crippen LogP contribution in [0.15, 0.2) is 35.4 Å². The summed E-state index contributed by atoms with van der Waals surface area (Å²) in [5, 5.41) is 3.79. The van der Waals surface area contributed by atoms with Gasteiger partial charge in [0.2, 0.25) is 10.0 Å². The van der Waals surface area contributed by atoms with Crippen molar-refractivity contribution < 1.29 is 12.8 Å². The Morgan fingerprint density at radius 3 is 2.55 bits per heavy atom. The van der Waals surface area contributed by atoms with Crippen LogP contribution in [0.2, 0.25) is 0 Å². The van der Waals surface area contributed by atoms with Gasteiger partial charge in [-0.15, -0.1) is 0 Å². The summed E-state index contributed by atoms with van der Waals surface area (Å²) in [5.41, 5.74) is 6.47. The van der Waals surface area contributed by atoms with Crippen LogP contribution in [0.4, 0.5) is 10.2 Å². The number of benzene rings is 1. The number of hydrogen-bond donors (Lipinski definition) is 2. The average Bonchev–Trinajstić information content (AvgIpc) is 2.73. The molecule has 2 aromatic rings. The van der Waals surface area contributed by atoms with Crippen molar-refractivity contribution in [2.45, 2.75) is 11.3 Å². The smallest absolute Gasteiger partial charge is 0.245 e. The van der Waals surface area contributed by atoms with E-state index in [0.717, 1.165) is 5.56 Å². The Bertz CT molecular complexity index is 695. The molecule has 3 N–H and O–H groups in total. The van der Waals surface area contributed by atoms with Crippen molar-refractivity contribution in [2.24, 2.45) is 7.05 Å². The normalized spacial score (nSPS) is 11.7. The highest BCUT2D eigenvalue weighted by Gasteiger charge is 2.20. The second-order valence-electron chi connectivity index (χ2n) is 4.29. The van der Waals surface area contributed by atoms with E-state index in [2.05, 4.69) is 9.82 Å². The number of nitrogens with zero attached hydrogens (tertiary/aromatic N) is 2. The van der Waals surface area contributed by atoms with E-state index in [0.29, 0.717) is 6.42 Å². The average molecular weight is 298 g/mol. The molecular weight excluding hydrogens is 283 g/mol. The largest absolute Gasteiger partial charge is 0.383 e. The fourth-order valence-electron chi connectivity index (χ4n) is 1.69. The van der Waals surface area contributed by atoms with Gasteiger partial charge in [-0.1, -0.05) is 12.1 Å². The first-order chi connectivity index (χ1) is 9.40. The Balaban J connectivity index is 2.00. The van der Waals surface area contributed by atoms with Gasteiger partial charge in [0.05, 0.1) is 6.20 Å². The maximum atomic E-state index is 12.7. The number of halogens is 1. The number of hydrogen-bond acceptors (Lipinski definition) is 4. The summed E-state index contributed by atoms with van der Waals surface area (Å²) in [7, 11) is -2.12. The fourth-order valence-corrected chi connectivity index (χ4v) is 2.81. The minimum Gasteiger partial charge on any atom is -0.383 e. The molecule has 0 atom stereocenters. The highest BCUT2D eigenvalue weighted by atomic mass is 32.2. The van der Waals surface area contributed by atoms with Gasteiger partial charge in [-0.2, -0.15) is 5.10 Å². The summed E-state index contributed by atoms with van der Waals surface area (Å²) >= 11 is 0. The molecule has 0 amide bonds. The molecule has 108 valence electrons. The standard InChI is InChI=1S/C12H15FN4O2S/c1-17-12(14)11(8-15-17)20(18,19)16-7-6-9-2-4-10(13)5-3-9/h2-5,8,16H,6-7,14H2,1H3. The van der Waals surface area contributed by atoms with E-state index >= 15 is 0 Å². The Labute approximate surface area is 116 Å². The maximum absolute atomic E-state index is 12.7. The molecule has 0 saturated heterocycles. The van der Waals surface area contributed by atoms with E-state index in [1.165, 1.54) is 23.0 Å². The topological polar surface area (TPSA) is 90.0 Å². The van der Waals surface area contributed by atoms with Crippen LogP contribution < -0.4 is 10.5 Å². The van der Waals surface area contributed by atoms with Crippen molar-refractivity contribution >= 4 is 15.8 Å². The van der Waals surface area contributed by atoms with Crippen molar-refractivity contribution in [2.75, 3.05) is 12.3 Å². The van der Waals surface area contributed by atoms with Gasteiger partial charge in [0.25, 0.3) is 0 Å². The first-order valence-corrected chi connectivity index (χ1v) is 7.40. The quantitative estimate of drug-likeness (QED) is 0.848. The maximum Gasteiger partial charge on any atom is 0.245 e. The van der Waals surface area contributed by atoms with E-state index in [1.807, 2.05) is 0 Å². The van der Waals surface area contributed by atoms with Gasteiger partial charge in [-0.3, -0.25) is 4.68 Å². The summed E-state index contributed by atoms with van der Waals surface area (Å²) in [6.45, 7) is 0.197. The zero-order chi connectivity index (χ0) is 14.8. The second-order valence-corrected chi connectivity index (χ2v) is 6.03. The molecule has 8 heteroatoms. The van der Waals surface area contributed by atoms with Gasteiger partial charge in [-0.05, 0) is 24.1 Å². The minimum absolute atomic E-state index is 0.0425. The van der Waals surface area contributed by atoms with Crippen molar-refractivity contribution in [1.29, 1.82) is 0 Å². The van der Waals surface area contributed by atoms with Crippen LogP contribution in [-0.2, 0) is 23.5 Å². The molecule has 0 spiro atoms. The van der Waals surface area contributed by atoms with Crippen molar-refractivity contribution in [3.63, 3.8) is 0 Å². The van der Waals surface area contributed by atoms with E-state index < -0.39 is 10.0 Å². The summed E-state index contributed by atoms with van der Waals surface area (Å²) in [6.07, 6.45) is 1.66. The molecule has 0 aliphatic rings. The van der Waals surface area contributed by atoms with Gasteiger partial charge in [0.1, 0.15) is 16.5 Å². The summed E-state index contributed by atoms with van der Waals surface area (Å²) in [5.74, 6) is -0.239. The lowest BCUT2D eigenvalue weighted by molar-refractivity contribution is 0.582. The SMILES string of the molecule is Cn1ncc(S(=O)(=O)NCCc2ccc(F)cc2)c1N. The predicted octanol–water partition coefficient (Wildman–Crippen LogP) is 0.662. The molecule has 0 aliphatic heterocycles. The number of nitrogens with two attached hydrogens (primary N) is 1. The Morgan fingerprint density at radius 1 is 1.35 bits per heavy atom. The third-order valence-electron chi connectivity index (χ3n) is 2.86. The van der Waals surface area contributed by atoms with Gasteiger partial charge in [0.15, 0.2) is 0 Å². The Morgan fingerprint density at radius 2 is 2.00 bits per heavy atom. The molecule has 1 heterocycles. The molecule has 0 saturated carbocycles. The molecule has 0 aliphatic carbocycles. The van der Waals surface area contributed by atoms with Crippen molar-refractivity contribution in [1.82, 2.24) is 14.5 Å². The van der Waals surface area contributed by atoms with Crippen LogP contribution in [0, 0.1) is 5.82 Å². The van der Waals surface area contributed by atoms with Gasteiger partial charge in [0, 0.05) is 13.6 Å². The molecule has 1 aromatic carbocycles. The fraction of sp³-hybridized carbons (Fsp3) is 0.250. The monoisotopic (exact) mass is 298 g/mol. The minimum atomic E-state index is -3.68. The van der Waals surface area contributed by atoms with Crippen LogP contribution in [0.1, 0.15) is 5.56 Å². The summed E-state index contributed by atoms with van der Waals surface area (Å²) in [4.78, 5) is -0.0425. The van der Waals surface area contributed by atoms with Crippen molar-refractivity contribution in [3.05, 3.63) is 41.8 Å². The highest BCUT2D eigenvalue weighted by molar-refractivity contribution is 7.89. The van der Waals surface area contributed by atoms with E-state index in [4.69, 9.17) is 5.73 Å². The molecule has 0 radical (unpaired) electrons. The van der Waals surface area contributed by atoms with E-state index in [9.17, 15) is 12.8 Å². The van der Waals surface area contributed by atoms with Crippen LogP contribution in [0.5, 0.6) is 0 Å². The lowest BCUT2D eigenvalue weighted by Crippen LogP contribution is -2.26. The zero-order valence-electron chi connectivity index (χ0n) is 10.9. The molecule has 1 aromatic heterocycles. The second kappa shape index (κ2) is 5.59. The molecule has 2 rings (SSSR count). The summed E-state index contributed by atoms with van der Waals surface area (Å²) < 4.78 is 40.5. The van der Waals surface area contributed by atoms with Gasteiger partial charge >= 0.3 is 0 Å². The van der Waals surface area contributed by atoms with E-state index in [-0.39, 0.29) is 23.1 Å². The number of aryl methyl sites for hydroxylation is 1. The van der Waals surface area contributed by atoms with E-state index in [1.54, 1.807) is 19.2 Å². The van der Waals surface area contributed by atoms with Gasteiger partial charge in [-0.25, -0.2) is 17.5 Å². The highest BCUT2D eigenvalue weighted by Crippen LogP contribution is 2.15.